The van der Waals surface area contributed by atoms with Gasteiger partial charge in [0.25, 0.3) is 5.91 Å². The Morgan fingerprint density at radius 1 is 1.20 bits per heavy atom. The number of hydrogen-bond acceptors (Lipinski definition) is 6. The van der Waals surface area contributed by atoms with Crippen LogP contribution in [0.1, 0.15) is 15.9 Å². The van der Waals surface area contributed by atoms with E-state index >= 15 is 0 Å². The topological polar surface area (TPSA) is 108 Å². The molecular formula is C21H23N5O3S. The fraction of sp³-hybridized carbons (Fsp3) is 0.286. The SMILES string of the molecule is CSc1nc2ccccc2n1Cc1ccc(C(=O)N[C@@H]2CNCC2C(=O)NO)cc1. The molecule has 9 heteroatoms. The number of imidazole rings is 1. The highest BCUT2D eigenvalue weighted by Gasteiger charge is 2.34. The van der Waals surface area contributed by atoms with E-state index in [1.807, 2.05) is 36.6 Å². The second-order valence-corrected chi connectivity index (χ2v) is 7.96. The predicted molar refractivity (Wildman–Crippen MR) is 115 cm³/mol. The molecule has 8 nitrogen and oxygen atoms in total. The lowest BCUT2D eigenvalue weighted by Crippen LogP contribution is -2.45. The Morgan fingerprint density at radius 2 is 1.97 bits per heavy atom. The number of hydroxylamine groups is 1. The molecule has 1 aliphatic rings. The van der Waals surface area contributed by atoms with Crippen molar-refractivity contribution in [1.82, 2.24) is 25.7 Å². The van der Waals surface area contributed by atoms with Crippen LogP contribution in [0.15, 0.2) is 53.7 Å². The maximum absolute atomic E-state index is 12.6. The molecule has 0 saturated carbocycles. The van der Waals surface area contributed by atoms with Gasteiger partial charge in [0.2, 0.25) is 5.91 Å². The summed E-state index contributed by atoms with van der Waals surface area (Å²) in [6, 6.07) is 15.1. The van der Waals surface area contributed by atoms with Crippen molar-refractivity contribution in [2.24, 2.45) is 5.92 Å². The number of hydrogen-bond donors (Lipinski definition) is 4. The number of amides is 2. The van der Waals surface area contributed by atoms with Crippen LogP contribution in [0, 0.1) is 5.92 Å². The Hall–Kier alpha value is -2.88. The van der Waals surface area contributed by atoms with Crippen LogP contribution in [0.3, 0.4) is 0 Å². The summed E-state index contributed by atoms with van der Waals surface area (Å²) < 4.78 is 2.16. The maximum atomic E-state index is 12.6. The Morgan fingerprint density at radius 3 is 2.70 bits per heavy atom. The van der Waals surface area contributed by atoms with Gasteiger partial charge in [0.1, 0.15) is 0 Å². The average Bonchev–Trinajstić information content (AvgIpc) is 3.38. The minimum absolute atomic E-state index is 0.246. The van der Waals surface area contributed by atoms with Crippen LogP contribution in [-0.4, -0.2) is 52.0 Å². The minimum atomic E-state index is -0.502. The summed E-state index contributed by atoms with van der Waals surface area (Å²) in [7, 11) is 0. The lowest BCUT2D eigenvalue weighted by atomic mass is 10.0. The minimum Gasteiger partial charge on any atom is -0.347 e. The number of benzene rings is 2. The van der Waals surface area contributed by atoms with Gasteiger partial charge in [-0.1, -0.05) is 36.0 Å². The molecule has 0 aliphatic carbocycles. The summed E-state index contributed by atoms with van der Waals surface area (Å²) in [4.78, 5) is 29.0. The van der Waals surface area contributed by atoms with Gasteiger partial charge in [0.15, 0.2) is 5.16 Å². The Kier molecular flexibility index (Phi) is 6.03. The molecule has 2 atom stereocenters. The molecule has 1 unspecified atom stereocenters. The van der Waals surface area contributed by atoms with Crippen LogP contribution < -0.4 is 16.1 Å². The second-order valence-electron chi connectivity index (χ2n) is 7.19. The Balaban J connectivity index is 1.47. The van der Waals surface area contributed by atoms with E-state index in [1.54, 1.807) is 29.4 Å². The third kappa shape index (κ3) is 4.04. The number of aromatic nitrogens is 2. The molecule has 156 valence electrons. The summed E-state index contributed by atoms with van der Waals surface area (Å²) in [6.45, 7) is 1.55. The van der Waals surface area contributed by atoms with Gasteiger partial charge in [-0.15, -0.1) is 0 Å². The standard InChI is InChI=1S/C21H23N5O3S/c1-30-21-24-16-4-2-3-5-18(16)26(21)12-13-6-8-14(9-7-13)19(27)23-17-11-22-10-15(17)20(28)25-29/h2-9,15,17,22,29H,10-12H2,1H3,(H,23,27)(H,25,28)/t15?,17-/m1/s1. The Labute approximate surface area is 178 Å². The van der Waals surface area contributed by atoms with E-state index in [4.69, 9.17) is 5.21 Å². The molecule has 4 N–H and O–H groups in total. The largest absolute Gasteiger partial charge is 0.347 e. The highest BCUT2D eigenvalue weighted by atomic mass is 32.2. The van der Waals surface area contributed by atoms with Crippen molar-refractivity contribution in [3.63, 3.8) is 0 Å². The predicted octanol–water partition coefficient (Wildman–Crippen LogP) is 1.63. The first-order valence-electron chi connectivity index (χ1n) is 9.64. The van der Waals surface area contributed by atoms with Crippen LogP contribution in [0.25, 0.3) is 11.0 Å². The first kappa shape index (κ1) is 20.4. The zero-order valence-electron chi connectivity index (χ0n) is 16.5. The molecule has 1 fully saturated rings. The highest BCUT2D eigenvalue weighted by molar-refractivity contribution is 7.98. The van der Waals surface area contributed by atoms with Crippen LogP contribution in [0.5, 0.6) is 0 Å². The number of fused-ring (bicyclic) bond motifs is 1. The van der Waals surface area contributed by atoms with E-state index in [-0.39, 0.29) is 11.9 Å². The van der Waals surface area contributed by atoms with Crippen molar-refractivity contribution < 1.29 is 14.8 Å². The molecule has 30 heavy (non-hydrogen) atoms. The molecular weight excluding hydrogens is 402 g/mol. The molecule has 1 aromatic heterocycles. The third-order valence-electron chi connectivity index (χ3n) is 5.34. The lowest BCUT2D eigenvalue weighted by molar-refractivity contribution is -0.133. The molecule has 0 radical (unpaired) electrons. The summed E-state index contributed by atoms with van der Waals surface area (Å²) in [5, 5.41) is 15.7. The van der Waals surface area contributed by atoms with Crippen molar-refractivity contribution in [3.8, 4) is 0 Å². The van der Waals surface area contributed by atoms with Crippen molar-refractivity contribution >= 4 is 34.6 Å². The second kappa shape index (κ2) is 8.86. The van der Waals surface area contributed by atoms with E-state index < -0.39 is 11.8 Å². The van der Waals surface area contributed by atoms with Crippen LogP contribution in [0.4, 0.5) is 0 Å². The van der Waals surface area contributed by atoms with Crippen LogP contribution in [0.2, 0.25) is 0 Å². The van der Waals surface area contributed by atoms with E-state index in [2.05, 4.69) is 26.3 Å². The highest BCUT2D eigenvalue weighted by Crippen LogP contribution is 2.23. The molecule has 3 aromatic rings. The van der Waals surface area contributed by atoms with E-state index in [0.717, 1.165) is 21.8 Å². The molecule has 2 aromatic carbocycles. The fourth-order valence-electron chi connectivity index (χ4n) is 3.75. The number of nitrogens with one attached hydrogen (secondary N) is 3. The number of rotatable bonds is 6. The first-order valence-corrected chi connectivity index (χ1v) is 10.9. The quantitative estimate of drug-likeness (QED) is 0.272. The molecule has 1 saturated heterocycles. The first-order chi connectivity index (χ1) is 14.6. The normalized spacial score (nSPS) is 18.5. The van der Waals surface area contributed by atoms with Crippen LogP contribution in [-0.2, 0) is 11.3 Å². The van der Waals surface area contributed by atoms with Gasteiger partial charge in [-0.3, -0.25) is 14.8 Å². The number of carbonyl (C=O) groups excluding carboxylic acids is 2. The smallest absolute Gasteiger partial charge is 0.251 e. The van der Waals surface area contributed by atoms with Crippen molar-refractivity contribution in [1.29, 1.82) is 0 Å². The Bertz CT molecular complexity index is 1070. The number of thioether (sulfide) groups is 1. The van der Waals surface area contributed by atoms with Crippen LogP contribution >= 0.6 is 11.8 Å². The monoisotopic (exact) mass is 425 g/mol. The van der Waals surface area contributed by atoms with E-state index in [1.165, 1.54) is 0 Å². The summed E-state index contributed by atoms with van der Waals surface area (Å²) in [6.07, 6.45) is 2.01. The molecule has 0 spiro atoms. The van der Waals surface area contributed by atoms with Crippen molar-refractivity contribution in [2.75, 3.05) is 19.3 Å². The van der Waals surface area contributed by atoms with Gasteiger partial charge in [0.05, 0.1) is 29.5 Å². The number of para-hydroxylation sites is 2. The number of nitrogens with zero attached hydrogens (tertiary/aromatic N) is 2. The summed E-state index contributed by atoms with van der Waals surface area (Å²) in [5.74, 6) is -1.25. The summed E-state index contributed by atoms with van der Waals surface area (Å²) in [5.41, 5.74) is 5.28. The maximum Gasteiger partial charge on any atom is 0.251 e. The van der Waals surface area contributed by atoms with Gasteiger partial charge in [0, 0.05) is 18.7 Å². The van der Waals surface area contributed by atoms with Crippen molar-refractivity contribution in [3.05, 3.63) is 59.7 Å². The third-order valence-corrected chi connectivity index (χ3v) is 6.01. The fourth-order valence-corrected chi connectivity index (χ4v) is 4.32. The lowest BCUT2D eigenvalue weighted by Gasteiger charge is -2.18. The molecule has 4 rings (SSSR count). The number of carbonyl (C=O) groups is 2. The molecule has 1 aliphatic heterocycles. The molecule has 2 amide bonds. The zero-order valence-corrected chi connectivity index (χ0v) is 17.3. The van der Waals surface area contributed by atoms with E-state index in [0.29, 0.717) is 25.2 Å². The van der Waals surface area contributed by atoms with Gasteiger partial charge in [-0.05, 0) is 36.1 Å². The van der Waals surface area contributed by atoms with Gasteiger partial charge in [-0.2, -0.15) is 0 Å². The molecule has 2 heterocycles. The zero-order chi connectivity index (χ0) is 21.1. The van der Waals surface area contributed by atoms with Gasteiger partial charge in [-0.25, -0.2) is 10.5 Å². The van der Waals surface area contributed by atoms with E-state index in [9.17, 15) is 9.59 Å². The van der Waals surface area contributed by atoms with Gasteiger partial charge < -0.3 is 15.2 Å². The van der Waals surface area contributed by atoms with Gasteiger partial charge >= 0.3 is 0 Å². The van der Waals surface area contributed by atoms with Crippen molar-refractivity contribution in [2.45, 2.75) is 17.7 Å². The average molecular weight is 426 g/mol. The molecule has 0 bridgehead atoms. The summed E-state index contributed by atoms with van der Waals surface area (Å²) >= 11 is 1.60.